The first-order chi connectivity index (χ1) is 9.10. The van der Waals surface area contributed by atoms with Crippen molar-refractivity contribution in [3.05, 3.63) is 57.4 Å². The lowest BCUT2D eigenvalue weighted by Crippen LogP contribution is -2.12. The van der Waals surface area contributed by atoms with Crippen molar-refractivity contribution in [3.63, 3.8) is 0 Å². The van der Waals surface area contributed by atoms with Crippen LogP contribution in [0, 0.1) is 9.39 Å². The average Bonchev–Trinajstić information content (AvgIpc) is 2.41. The molecule has 0 aliphatic rings. The zero-order valence-corrected chi connectivity index (χ0v) is 12.3. The molecule has 0 aliphatic carbocycles. The molecule has 1 N–H and O–H groups in total. The van der Waals surface area contributed by atoms with Crippen LogP contribution in [-0.2, 0) is 0 Å². The van der Waals surface area contributed by atoms with Crippen LogP contribution in [0.15, 0.2) is 42.5 Å². The SMILES string of the molecule is COc1cc(NC(=O)c2cccc(I)c2)ccc1F. The summed E-state index contributed by atoms with van der Waals surface area (Å²) in [6.45, 7) is 0. The van der Waals surface area contributed by atoms with Crippen molar-refractivity contribution in [1.29, 1.82) is 0 Å². The number of hydrogen-bond acceptors (Lipinski definition) is 2. The van der Waals surface area contributed by atoms with E-state index in [-0.39, 0.29) is 11.7 Å². The normalized spacial score (nSPS) is 10.1. The third-order valence-electron chi connectivity index (χ3n) is 2.50. The van der Waals surface area contributed by atoms with Crippen LogP contribution < -0.4 is 10.1 Å². The van der Waals surface area contributed by atoms with Crippen molar-refractivity contribution in [1.82, 2.24) is 0 Å². The van der Waals surface area contributed by atoms with Gasteiger partial charge in [-0.15, -0.1) is 0 Å². The molecule has 5 heteroatoms. The van der Waals surface area contributed by atoms with Gasteiger partial charge in [0.2, 0.25) is 0 Å². The third-order valence-corrected chi connectivity index (χ3v) is 3.17. The van der Waals surface area contributed by atoms with Gasteiger partial charge in [-0.3, -0.25) is 4.79 Å². The highest BCUT2D eigenvalue weighted by Gasteiger charge is 2.08. The van der Waals surface area contributed by atoms with Gasteiger partial charge in [-0.2, -0.15) is 0 Å². The molecule has 2 aromatic rings. The van der Waals surface area contributed by atoms with Crippen molar-refractivity contribution in [2.75, 3.05) is 12.4 Å². The molecule has 0 spiro atoms. The first kappa shape index (κ1) is 13.8. The van der Waals surface area contributed by atoms with E-state index in [1.165, 1.54) is 25.3 Å². The van der Waals surface area contributed by atoms with Crippen LogP contribution in [0.4, 0.5) is 10.1 Å². The van der Waals surface area contributed by atoms with E-state index in [9.17, 15) is 9.18 Å². The van der Waals surface area contributed by atoms with Gasteiger partial charge in [-0.1, -0.05) is 6.07 Å². The van der Waals surface area contributed by atoms with Crippen LogP contribution in [0.3, 0.4) is 0 Å². The van der Waals surface area contributed by atoms with Crippen LogP contribution in [0.2, 0.25) is 0 Å². The minimum Gasteiger partial charge on any atom is -0.494 e. The van der Waals surface area contributed by atoms with Gasteiger partial charge < -0.3 is 10.1 Å². The highest BCUT2D eigenvalue weighted by atomic mass is 127. The highest BCUT2D eigenvalue weighted by Crippen LogP contribution is 2.22. The van der Waals surface area contributed by atoms with Gasteiger partial charge >= 0.3 is 0 Å². The predicted molar refractivity (Wildman–Crippen MR) is 80.1 cm³/mol. The second-order valence-corrected chi connectivity index (χ2v) is 5.06. The molecule has 2 aromatic carbocycles. The van der Waals surface area contributed by atoms with Crippen molar-refractivity contribution in [2.24, 2.45) is 0 Å². The van der Waals surface area contributed by atoms with Gasteiger partial charge in [0.1, 0.15) is 0 Å². The summed E-state index contributed by atoms with van der Waals surface area (Å²) in [5.74, 6) is -0.609. The van der Waals surface area contributed by atoms with Crippen molar-refractivity contribution >= 4 is 34.2 Å². The van der Waals surface area contributed by atoms with E-state index in [0.717, 1.165) is 3.57 Å². The Morgan fingerprint density at radius 1 is 1.26 bits per heavy atom. The molecule has 0 aromatic heterocycles. The van der Waals surface area contributed by atoms with Crippen molar-refractivity contribution in [2.45, 2.75) is 0 Å². The summed E-state index contributed by atoms with van der Waals surface area (Å²) in [5, 5.41) is 2.70. The fourth-order valence-corrected chi connectivity index (χ4v) is 2.11. The Bertz CT molecular complexity index is 616. The molecule has 0 heterocycles. The molecule has 0 atom stereocenters. The summed E-state index contributed by atoms with van der Waals surface area (Å²) in [6, 6.07) is 11.4. The molecule has 1 amide bonds. The highest BCUT2D eigenvalue weighted by molar-refractivity contribution is 14.1. The Hall–Kier alpha value is -1.63. The number of anilines is 1. The van der Waals surface area contributed by atoms with E-state index < -0.39 is 5.82 Å². The minimum absolute atomic E-state index is 0.0976. The van der Waals surface area contributed by atoms with Gasteiger partial charge in [0.25, 0.3) is 5.91 Å². The molecule has 0 radical (unpaired) electrons. The summed E-state index contributed by atoms with van der Waals surface area (Å²) >= 11 is 2.14. The van der Waals surface area contributed by atoms with Crippen LogP contribution in [0.25, 0.3) is 0 Å². The average molecular weight is 371 g/mol. The van der Waals surface area contributed by atoms with E-state index in [1.54, 1.807) is 12.1 Å². The van der Waals surface area contributed by atoms with Gasteiger partial charge in [-0.05, 0) is 52.9 Å². The molecular weight excluding hydrogens is 360 g/mol. The van der Waals surface area contributed by atoms with Gasteiger partial charge in [0, 0.05) is 20.9 Å². The smallest absolute Gasteiger partial charge is 0.255 e. The quantitative estimate of drug-likeness (QED) is 0.836. The maximum Gasteiger partial charge on any atom is 0.255 e. The Morgan fingerprint density at radius 3 is 2.74 bits per heavy atom. The molecule has 0 bridgehead atoms. The van der Waals surface area contributed by atoms with Gasteiger partial charge in [0.05, 0.1) is 7.11 Å². The van der Waals surface area contributed by atoms with Crippen LogP contribution >= 0.6 is 22.6 Å². The first-order valence-electron chi connectivity index (χ1n) is 5.50. The molecule has 0 unspecified atom stereocenters. The molecular formula is C14H11FINO2. The molecule has 0 saturated carbocycles. The molecule has 0 aliphatic heterocycles. The van der Waals surface area contributed by atoms with Gasteiger partial charge in [0.15, 0.2) is 11.6 Å². The lowest BCUT2D eigenvalue weighted by molar-refractivity contribution is 0.102. The molecule has 2 rings (SSSR count). The number of benzene rings is 2. The summed E-state index contributed by atoms with van der Waals surface area (Å²) in [4.78, 5) is 12.0. The fraction of sp³-hybridized carbons (Fsp3) is 0.0714. The second-order valence-electron chi connectivity index (χ2n) is 3.81. The Labute approximate surface area is 123 Å². The maximum atomic E-state index is 13.2. The second kappa shape index (κ2) is 6.01. The largest absolute Gasteiger partial charge is 0.494 e. The number of ether oxygens (including phenoxy) is 1. The van der Waals surface area contributed by atoms with E-state index in [0.29, 0.717) is 11.3 Å². The summed E-state index contributed by atoms with van der Waals surface area (Å²) in [6.07, 6.45) is 0. The number of hydrogen-bond donors (Lipinski definition) is 1. The van der Waals surface area contributed by atoms with E-state index in [4.69, 9.17) is 4.74 Å². The van der Waals surface area contributed by atoms with Crippen molar-refractivity contribution < 1.29 is 13.9 Å². The van der Waals surface area contributed by atoms with Crippen LogP contribution in [0.1, 0.15) is 10.4 Å². The van der Waals surface area contributed by atoms with E-state index in [1.807, 2.05) is 12.1 Å². The minimum atomic E-state index is -0.463. The number of nitrogens with one attached hydrogen (secondary N) is 1. The van der Waals surface area contributed by atoms with Crippen LogP contribution in [0.5, 0.6) is 5.75 Å². The molecule has 19 heavy (non-hydrogen) atoms. The topological polar surface area (TPSA) is 38.3 Å². The predicted octanol–water partition coefficient (Wildman–Crippen LogP) is 3.69. The lowest BCUT2D eigenvalue weighted by atomic mass is 10.2. The summed E-state index contributed by atoms with van der Waals surface area (Å²) in [7, 11) is 1.38. The standard InChI is InChI=1S/C14H11FINO2/c1-19-13-8-11(5-6-12(13)15)17-14(18)9-3-2-4-10(16)7-9/h2-8H,1H3,(H,17,18). The van der Waals surface area contributed by atoms with Crippen molar-refractivity contribution in [3.8, 4) is 5.75 Å². The number of carbonyl (C=O) groups excluding carboxylic acids is 1. The number of carbonyl (C=O) groups is 1. The number of amides is 1. The Morgan fingerprint density at radius 2 is 2.05 bits per heavy atom. The number of halogens is 2. The molecule has 3 nitrogen and oxygen atoms in total. The van der Waals surface area contributed by atoms with Crippen LogP contribution in [-0.4, -0.2) is 13.0 Å². The fourth-order valence-electron chi connectivity index (χ4n) is 1.57. The summed E-state index contributed by atoms with van der Waals surface area (Å²) in [5.41, 5.74) is 1.04. The zero-order chi connectivity index (χ0) is 13.8. The molecule has 98 valence electrons. The zero-order valence-electron chi connectivity index (χ0n) is 10.1. The lowest BCUT2D eigenvalue weighted by Gasteiger charge is -2.08. The number of methoxy groups -OCH3 is 1. The third kappa shape index (κ3) is 3.44. The van der Waals surface area contributed by atoms with E-state index >= 15 is 0 Å². The van der Waals surface area contributed by atoms with E-state index in [2.05, 4.69) is 27.9 Å². The maximum absolute atomic E-state index is 13.2. The monoisotopic (exact) mass is 371 g/mol. The molecule has 0 fully saturated rings. The molecule has 0 saturated heterocycles. The first-order valence-corrected chi connectivity index (χ1v) is 6.58. The van der Waals surface area contributed by atoms with Gasteiger partial charge in [-0.25, -0.2) is 4.39 Å². The summed E-state index contributed by atoms with van der Waals surface area (Å²) < 4.78 is 19.1. The Balaban J connectivity index is 2.19. The number of rotatable bonds is 3. The Kier molecular flexibility index (Phi) is 4.36.